The number of aliphatic hydroxyl groups is 1. The Morgan fingerprint density at radius 1 is 0.889 bits per heavy atom. The van der Waals surface area contributed by atoms with Crippen LogP contribution in [-0.4, -0.2) is 131 Å². The normalized spacial score (nSPS) is 41.8. The SMILES string of the molecule is CC[C@@]12SS[C@]3(C(=O)N1C)[C@@H](O)[C@]1([C@@]45c6cc(F)ccc6N[C@@H]4N4C(=O)[C@]6(C)SS[C@]4(C(=O)N6C)[C@H]5OC(=O)N(C)C)c4cc(F)ccc4C[C@@H]1N3C2=O. The fourth-order valence-electron chi connectivity index (χ4n) is 11.0. The number of anilines is 1. The summed E-state index contributed by atoms with van der Waals surface area (Å²) in [6.45, 7) is 3.41. The molecule has 8 saturated heterocycles. The molecule has 10 aliphatic rings. The molecule has 54 heavy (non-hydrogen) atoms. The average Bonchev–Trinajstić information content (AvgIpc) is 3.79. The number of ether oxygens (including phenoxy) is 1. The van der Waals surface area contributed by atoms with Crippen LogP contribution in [0.4, 0.5) is 19.3 Å². The molecule has 0 saturated carbocycles. The van der Waals surface area contributed by atoms with Crippen molar-refractivity contribution in [3.8, 4) is 0 Å². The molecule has 2 aromatic carbocycles. The summed E-state index contributed by atoms with van der Waals surface area (Å²) in [5, 5.41) is 17.0. The zero-order chi connectivity index (χ0) is 38.4. The molecule has 5 amide bonds. The van der Waals surface area contributed by atoms with E-state index in [1.807, 2.05) is 0 Å². The highest BCUT2D eigenvalue weighted by molar-refractivity contribution is 8.78. The highest BCUT2D eigenvalue weighted by Gasteiger charge is 2.93. The van der Waals surface area contributed by atoms with Crippen LogP contribution in [0.25, 0.3) is 0 Å². The summed E-state index contributed by atoms with van der Waals surface area (Å²) in [5.41, 5.74) is -2.83. The van der Waals surface area contributed by atoms with E-state index in [-0.39, 0.29) is 24.0 Å². The number of hydrogen-bond donors (Lipinski definition) is 2. The highest BCUT2D eigenvalue weighted by atomic mass is 33.1. The molecule has 0 radical (unpaired) electrons. The molecule has 0 aromatic heterocycles. The molecule has 19 heteroatoms. The first-order valence-electron chi connectivity index (χ1n) is 17.4. The molecule has 2 aromatic rings. The van der Waals surface area contributed by atoms with Gasteiger partial charge in [-0.25, -0.2) is 13.6 Å². The van der Waals surface area contributed by atoms with Gasteiger partial charge in [0.2, 0.25) is 9.74 Å². The van der Waals surface area contributed by atoms with Crippen LogP contribution in [0, 0.1) is 11.6 Å². The lowest BCUT2D eigenvalue weighted by Crippen LogP contribution is -2.77. The van der Waals surface area contributed by atoms with E-state index in [4.69, 9.17) is 4.74 Å². The molecule has 10 atom stereocenters. The van der Waals surface area contributed by atoms with Gasteiger partial charge >= 0.3 is 6.09 Å². The van der Waals surface area contributed by atoms with Crippen molar-refractivity contribution in [1.82, 2.24) is 24.5 Å². The lowest BCUT2D eigenvalue weighted by Gasteiger charge is -2.59. The smallest absolute Gasteiger partial charge is 0.409 e. The first-order valence-corrected chi connectivity index (χ1v) is 21.7. The molecule has 0 unspecified atom stereocenters. The van der Waals surface area contributed by atoms with Crippen LogP contribution in [0.2, 0.25) is 0 Å². The fourth-order valence-corrected chi connectivity index (χ4v) is 18.5. The lowest BCUT2D eigenvalue weighted by atomic mass is 9.51. The van der Waals surface area contributed by atoms with Gasteiger partial charge in [0.25, 0.3) is 23.6 Å². The molecule has 1 aliphatic carbocycles. The van der Waals surface area contributed by atoms with Crippen LogP contribution in [0.15, 0.2) is 36.4 Å². The molecule has 9 heterocycles. The van der Waals surface area contributed by atoms with Gasteiger partial charge in [0.15, 0.2) is 15.8 Å². The third-order valence-corrected chi connectivity index (χ3v) is 20.9. The van der Waals surface area contributed by atoms with Gasteiger partial charge in [0, 0.05) is 33.9 Å². The van der Waals surface area contributed by atoms with Gasteiger partial charge in [-0.2, -0.15) is 0 Å². The largest absolute Gasteiger partial charge is 0.441 e. The Hall–Kier alpha value is -3.39. The van der Waals surface area contributed by atoms with Crippen molar-refractivity contribution < 1.29 is 42.6 Å². The van der Waals surface area contributed by atoms with Crippen LogP contribution >= 0.6 is 43.2 Å². The van der Waals surface area contributed by atoms with Crippen molar-refractivity contribution in [2.24, 2.45) is 0 Å². The monoisotopic (exact) mass is 816 g/mol. The third kappa shape index (κ3) is 3.23. The standard InChI is InChI=1S/C35H34F2N6O7S4/c1-7-31-26(46)42-21-12-15-8-9-16(36)13-18(15)32(21,22(44)34(42,53-52-31)27(47)41(31)6)33-19-14-17(37)10-11-20(19)38-24(33)43-25(45)30(2)40(5)28(48)35(43,54-51-30)23(33)50-29(49)39(3)4/h8-11,13-14,21-24,38,44H,7,12H2,1-6H3/t21-,22-,23-,24+,30-,31-,32-,33+,34-,35-/m0/s1. The summed E-state index contributed by atoms with van der Waals surface area (Å²) >= 11 is 0. The number of halogens is 2. The number of aliphatic hydroxyl groups excluding tert-OH is 1. The van der Waals surface area contributed by atoms with E-state index in [1.165, 1.54) is 88.9 Å². The second-order valence-electron chi connectivity index (χ2n) is 15.5. The second-order valence-corrected chi connectivity index (χ2v) is 20.9. The Balaban J connectivity index is 1.39. The number of hydrogen-bond acceptors (Lipinski definition) is 12. The molecule has 9 aliphatic heterocycles. The first kappa shape index (κ1) is 35.1. The fraction of sp³-hybridized carbons (Fsp3) is 0.514. The second kappa shape index (κ2) is 10.3. The molecule has 13 nitrogen and oxygen atoms in total. The summed E-state index contributed by atoms with van der Waals surface area (Å²) < 4.78 is 38.5. The number of carbonyl (C=O) groups excluding carboxylic acids is 5. The molecule has 2 spiro atoms. The van der Waals surface area contributed by atoms with E-state index in [0.29, 0.717) is 11.3 Å². The van der Waals surface area contributed by atoms with Gasteiger partial charge in [-0.3, -0.25) is 24.1 Å². The van der Waals surface area contributed by atoms with Gasteiger partial charge in [-0.05, 0) is 88.4 Å². The van der Waals surface area contributed by atoms with Crippen LogP contribution in [0.1, 0.15) is 37.0 Å². The number of carbonyl (C=O) groups is 5. The average molecular weight is 817 g/mol. The van der Waals surface area contributed by atoms with E-state index < -0.39 is 96.1 Å². The van der Waals surface area contributed by atoms with Gasteiger partial charge in [-0.1, -0.05) is 34.6 Å². The van der Waals surface area contributed by atoms with Crippen molar-refractivity contribution in [2.75, 3.05) is 33.5 Å². The first-order chi connectivity index (χ1) is 25.5. The number of piperazine rings is 2. The molecule has 2 N–H and O–H groups in total. The zero-order valence-corrected chi connectivity index (χ0v) is 33.0. The summed E-state index contributed by atoms with van der Waals surface area (Å²) in [4.78, 5) is 74.2. The van der Waals surface area contributed by atoms with Crippen LogP contribution in [-0.2, 0) is 41.2 Å². The van der Waals surface area contributed by atoms with E-state index >= 15 is 23.2 Å². The Labute approximate surface area is 324 Å². The summed E-state index contributed by atoms with van der Waals surface area (Å²) in [5.74, 6) is -3.46. The minimum absolute atomic E-state index is 0.0318. The Kier molecular flexibility index (Phi) is 6.70. The number of amides is 5. The third-order valence-electron chi connectivity index (χ3n) is 13.4. The van der Waals surface area contributed by atoms with Crippen LogP contribution < -0.4 is 5.32 Å². The highest BCUT2D eigenvalue weighted by Crippen LogP contribution is 2.79. The number of likely N-dealkylation sites (N-methyl/N-ethyl adjacent to an activating group) is 2. The van der Waals surface area contributed by atoms with E-state index in [0.717, 1.165) is 37.3 Å². The van der Waals surface area contributed by atoms with Crippen molar-refractivity contribution in [2.45, 2.75) is 81.4 Å². The summed E-state index contributed by atoms with van der Waals surface area (Å²) in [6.07, 6.45) is -5.55. The lowest BCUT2D eigenvalue weighted by molar-refractivity contribution is -0.168. The minimum Gasteiger partial charge on any atom is -0.441 e. The summed E-state index contributed by atoms with van der Waals surface area (Å²) in [6, 6.07) is 6.88. The van der Waals surface area contributed by atoms with Crippen LogP contribution in [0.5, 0.6) is 0 Å². The van der Waals surface area contributed by atoms with Gasteiger partial charge in [-0.15, -0.1) is 0 Å². The zero-order valence-electron chi connectivity index (χ0n) is 29.7. The number of benzene rings is 2. The maximum Gasteiger partial charge on any atom is 0.409 e. The number of rotatable bonds is 3. The Morgan fingerprint density at radius 2 is 1.54 bits per heavy atom. The van der Waals surface area contributed by atoms with Crippen molar-refractivity contribution in [1.29, 1.82) is 0 Å². The number of fused-ring (bicyclic) bond motifs is 11. The predicted molar refractivity (Wildman–Crippen MR) is 198 cm³/mol. The predicted octanol–water partition coefficient (Wildman–Crippen LogP) is 2.88. The topological polar surface area (TPSA) is 143 Å². The molecule has 8 fully saturated rings. The van der Waals surface area contributed by atoms with E-state index in [1.54, 1.807) is 19.9 Å². The Morgan fingerprint density at radius 3 is 2.22 bits per heavy atom. The van der Waals surface area contributed by atoms with Crippen LogP contribution in [0.3, 0.4) is 0 Å². The molecule has 12 rings (SSSR count). The Bertz CT molecular complexity index is 2210. The van der Waals surface area contributed by atoms with Crippen molar-refractivity contribution >= 4 is 78.6 Å². The molecule has 4 bridgehead atoms. The quantitative estimate of drug-likeness (QED) is 0.440. The van der Waals surface area contributed by atoms with Gasteiger partial charge in [0.1, 0.15) is 23.9 Å². The minimum atomic E-state index is -2.04. The molecule has 284 valence electrons. The van der Waals surface area contributed by atoms with E-state index in [2.05, 4.69) is 5.32 Å². The van der Waals surface area contributed by atoms with E-state index in [9.17, 15) is 14.7 Å². The molecular formula is C35H34F2N6O7S4. The number of nitrogens with zero attached hydrogens (tertiary/aromatic N) is 5. The van der Waals surface area contributed by atoms with Crippen molar-refractivity contribution in [3.05, 3.63) is 64.7 Å². The maximum absolute atomic E-state index is 16.0. The van der Waals surface area contributed by atoms with Crippen molar-refractivity contribution in [3.63, 3.8) is 0 Å². The van der Waals surface area contributed by atoms with Gasteiger partial charge < -0.3 is 34.8 Å². The summed E-state index contributed by atoms with van der Waals surface area (Å²) in [7, 11) is 10.3. The number of nitrogens with one attached hydrogen (secondary N) is 1. The van der Waals surface area contributed by atoms with Gasteiger partial charge in [0.05, 0.1) is 16.9 Å². The molecular weight excluding hydrogens is 783 g/mol. The maximum atomic E-state index is 16.0.